The molecule has 0 aromatic heterocycles. The molecular formula is C23H26N2O5S. The summed E-state index contributed by atoms with van der Waals surface area (Å²) in [4.78, 5) is 12.8. The van der Waals surface area contributed by atoms with E-state index < -0.39 is 22.0 Å². The Morgan fingerprint density at radius 3 is 2.29 bits per heavy atom. The van der Waals surface area contributed by atoms with Gasteiger partial charge in [-0.15, -0.1) is 0 Å². The fraction of sp³-hybridized carbons (Fsp3) is 0.261. The monoisotopic (exact) mass is 442 g/mol. The number of fused-ring (bicyclic) bond motifs is 1. The van der Waals surface area contributed by atoms with E-state index in [4.69, 9.17) is 9.47 Å². The lowest BCUT2D eigenvalue weighted by Crippen LogP contribution is -2.47. The lowest BCUT2D eigenvalue weighted by Gasteiger charge is -2.28. The number of nitrogens with one attached hydrogen (secondary N) is 1. The van der Waals surface area contributed by atoms with Gasteiger partial charge in [-0.05, 0) is 41.5 Å². The average molecular weight is 443 g/mol. The molecule has 3 rings (SSSR count). The quantitative estimate of drug-likeness (QED) is 0.578. The van der Waals surface area contributed by atoms with Crippen molar-refractivity contribution in [3.8, 4) is 11.5 Å². The largest absolute Gasteiger partial charge is 0.493 e. The predicted molar refractivity (Wildman–Crippen MR) is 122 cm³/mol. The Morgan fingerprint density at radius 1 is 0.968 bits per heavy atom. The van der Waals surface area contributed by atoms with Gasteiger partial charge in [0.2, 0.25) is 15.9 Å². The van der Waals surface area contributed by atoms with Gasteiger partial charge in [0.1, 0.15) is 6.04 Å². The SMILES string of the molecule is COc1ccc(N([C@H](C)C(=O)NCc2ccc3ccccc3c2)S(C)(=O)=O)cc1OC. The van der Waals surface area contributed by atoms with Gasteiger partial charge in [0.05, 0.1) is 26.2 Å². The highest BCUT2D eigenvalue weighted by Crippen LogP contribution is 2.33. The van der Waals surface area contributed by atoms with E-state index >= 15 is 0 Å². The van der Waals surface area contributed by atoms with Gasteiger partial charge < -0.3 is 14.8 Å². The number of sulfonamides is 1. The molecule has 0 saturated heterocycles. The van der Waals surface area contributed by atoms with Gasteiger partial charge in [0, 0.05) is 12.6 Å². The number of benzene rings is 3. The number of anilines is 1. The number of hydrogen-bond donors (Lipinski definition) is 1. The fourth-order valence-corrected chi connectivity index (χ4v) is 4.62. The number of amides is 1. The molecule has 0 aliphatic heterocycles. The van der Waals surface area contributed by atoms with Crippen LogP contribution >= 0.6 is 0 Å². The van der Waals surface area contributed by atoms with Gasteiger partial charge in [-0.25, -0.2) is 8.42 Å². The summed E-state index contributed by atoms with van der Waals surface area (Å²) in [7, 11) is -0.783. The topological polar surface area (TPSA) is 84.9 Å². The molecule has 0 unspecified atom stereocenters. The molecular weight excluding hydrogens is 416 g/mol. The maximum Gasteiger partial charge on any atom is 0.243 e. The molecule has 0 spiro atoms. The Labute approximate surface area is 182 Å². The van der Waals surface area contributed by atoms with Crippen LogP contribution in [0.2, 0.25) is 0 Å². The highest BCUT2D eigenvalue weighted by Gasteiger charge is 2.29. The summed E-state index contributed by atoms with van der Waals surface area (Å²) in [5.74, 6) is 0.430. The lowest BCUT2D eigenvalue weighted by atomic mass is 10.1. The summed E-state index contributed by atoms with van der Waals surface area (Å²) in [5, 5.41) is 5.02. The van der Waals surface area contributed by atoms with Gasteiger partial charge in [-0.1, -0.05) is 36.4 Å². The van der Waals surface area contributed by atoms with Gasteiger partial charge in [-0.2, -0.15) is 0 Å². The normalized spacial score (nSPS) is 12.3. The summed E-state index contributed by atoms with van der Waals surface area (Å²) in [6.07, 6.45) is 1.07. The Hall–Kier alpha value is -3.26. The van der Waals surface area contributed by atoms with Crippen molar-refractivity contribution in [3.05, 3.63) is 66.2 Å². The van der Waals surface area contributed by atoms with Crippen molar-refractivity contribution in [2.24, 2.45) is 0 Å². The molecule has 0 aliphatic carbocycles. The molecule has 0 bridgehead atoms. The summed E-state index contributed by atoms with van der Waals surface area (Å²) in [6.45, 7) is 1.84. The Morgan fingerprint density at radius 2 is 1.65 bits per heavy atom. The minimum absolute atomic E-state index is 0.289. The first-order valence-electron chi connectivity index (χ1n) is 9.71. The first-order valence-corrected chi connectivity index (χ1v) is 11.6. The van der Waals surface area contributed by atoms with Crippen LogP contribution in [0.5, 0.6) is 11.5 Å². The van der Waals surface area contributed by atoms with Gasteiger partial charge >= 0.3 is 0 Å². The zero-order chi connectivity index (χ0) is 22.6. The Balaban J connectivity index is 1.81. The summed E-state index contributed by atoms with van der Waals surface area (Å²) >= 11 is 0. The molecule has 1 N–H and O–H groups in total. The highest BCUT2D eigenvalue weighted by atomic mass is 32.2. The van der Waals surface area contributed by atoms with Crippen molar-refractivity contribution in [1.82, 2.24) is 5.32 Å². The van der Waals surface area contributed by atoms with Crippen molar-refractivity contribution in [3.63, 3.8) is 0 Å². The number of rotatable bonds is 8. The van der Waals surface area contributed by atoms with E-state index in [0.717, 1.165) is 26.9 Å². The molecule has 0 aliphatic rings. The smallest absolute Gasteiger partial charge is 0.243 e. The molecule has 7 nitrogen and oxygen atoms in total. The number of ether oxygens (including phenoxy) is 2. The van der Waals surface area contributed by atoms with Crippen LogP contribution < -0.4 is 19.1 Å². The standard InChI is InChI=1S/C23H26N2O5S/c1-16(23(26)24-15-17-9-10-18-7-5-6-8-19(18)13-17)25(31(4,27)28)20-11-12-21(29-2)22(14-20)30-3/h5-14,16H,15H2,1-4H3,(H,24,26)/t16-/m1/s1. The van der Waals surface area contributed by atoms with Crippen molar-refractivity contribution >= 4 is 32.4 Å². The van der Waals surface area contributed by atoms with Crippen molar-refractivity contribution < 1.29 is 22.7 Å². The second kappa shape index (κ2) is 9.26. The maximum absolute atomic E-state index is 12.8. The van der Waals surface area contributed by atoms with Crippen molar-refractivity contribution in [1.29, 1.82) is 0 Å². The molecule has 8 heteroatoms. The van der Waals surface area contributed by atoms with Gasteiger partial charge in [0.25, 0.3) is 0 Å². The van der Waals surface area contributed by atoms with E-state index in [9.17, 15) is 13.2 Å². The first kappa shape index (κ1) is 22.4. The molecule has 0 saturated carbocycles. The number of carbonyl (C=O) groups excluding carboxylic acids is 1. The third-order valence-electron chi connectivity index (χ3n) is 4.99. The molecule has 1 atom stereocenters. The number of carbonyl (C=O) groups is 1. The highest BCUT2D eigenvalue weighted by molar-refractivity contribution is 7.92. The van der Waals surface area contributed by atoms with E-state index in [1.165, 1.54) is 20.3 Å². The Kier molecular flexibility index (Phi) is 6.70. The fourth-order valence-electron chi connectivity index (χ4n) is 3.46. The minimum Gasteiger partial charge on any atom is -0.493 e. The molecule has 1 amide bonds. The first-order chi connectivity index (χ1) is 14.7. The number of methoxy groups -OCH3 is 2. The van der Waals surface area contributed by atoms with Crippen LogP contribution in [0, 0.1) is 0 Å². The maximum atomic E-state index is 12.8. The van der Waals surface area contributed by atoms with E-state index in [1.807, 2.05) is 42.5 Å². The van der Waals surface area contributed by atoms with E-state index in [0.29, 0.717) is 17.2 Å². The molecule has 3 aromatic carbocycles. The second-order valence-electron chi connectivity index (χ2n) is 7.17. The zero-order valence-electron chi connectivity index (χ0n) is 18.0. The van der Waals surface area contributed by atoms with Gasteiger partial charge in [-0.3, -0.25) is 9.10 Å². The average Bonchev–Trinajstić information content (AvgIpc) is 2.76. The summed E-state index contributed by atoms with van der Waals surface area (Å²) in [6, 6.07) is 17.6. The third kappa shape index (κ3) is 5.08. The summed E-state index contributed by atoms with van der Waals surface area (Å²) in [5.41, 5.74) is 1.24. The minimum atomic E-state index is -3.74. The van der Waals surface area contributed by atoms with Crippen molar-refractivity contribution in [2.45, 2.75) is 19.5 Å². The van der Waals surface area contributed by atoms with E-state index in [-0.39, 0.29) is 6.54 Å². The molecule has 0 fully saturated rings. The number of nitrogens with zero attached hydrogens (tertiary/aromatic N) is 1. The molecule has 31 heavy (non-hydrogen) atoms. The van der Waals surface area contributed by atoms with E-state index in [2.05, 4.69) is 5.32 Å². The molecule has 0 heterocycles. The van der Waals surface area contributed by atoms with E-state index in [1.54, 1.807) is 19.1 Å². The molecule has 3 aromatic rings. The number of hydrogen-bond acceptors (Lipinski definition) is 5. The molecule has 0 radical (unpaired) electrons. The Bertz CT molecular complexity index is 1190. The van der Waals surface area contributed by atoms with Crippen LogP contribution in [0.4, 0.5) is 5.69 Å². The third-order valence-corrected chi connectivity index (χ3v) is 6.23. The summed E-state index contributed by atoms with van der Waals surface area (Å²) < 4.78 is 36.6. The van der Waals surface area contributed by atoms with Crippen LogP contribution in [0.25, 0.3) is 10.8 Å². The van der Waals surface area contributed by atoms with Crippen LogP contribution in [0.15, 0.2) is 60.7 Å². The van der Waals surface area contributed by atoms with Crippen LogP contribution in [-0.4, -0.2) is 40.8 Å². The van der Waals surface area contributed by atoms with Crippen LogP contribution in [0.1, 0.15) is 12.5 Å². The van der Waals surface area contributed by atoms with Gasteiger partial charge in [0.15, 0.2) is 11.5 Å². The molecule has 164 valence electrons. The van der Waals surface area contributed by atoms with Crippen molar-refractivity contribution in [2.75, 3.05) is 24.8 Å². The van der Waals surface area contributed by atoms with Crippen LogP contribution in [-0.2, 0) is 21.4 Å². The zero-order valence-corrected chi connectivity index (χ0v) is 18.8. The lowest BCUT2D eigenvalue weighted by molar-refractivity contribution is -0.122. The van der Waals surface area contributed by atoms with Crippen LogP contribution in [0.3, 0.4) is 0 Å². The second-order valence-corrected chi connectivity index (χ2v) is 9.03. The predicted octanol–water partition coefficient (Wildman–Crippen LogP) is 3.33.